The third-order valence-corrected chi connectivity index (χ3v) is 2.60. The summed E-state index contributed by atoms with van der Waals surface area (Å²) in [5, 5.41) is 6.63. The van der Waals surface area contributed by atoms with Gasteiger partial charge in [0.1, 0.15) is 11.6 Å². The first-order valence-corrected chi connectivity index (χ1v) is 6.34. The van der Waals surface area contributed by atoms with E-state index in [9.17, 15) is 0 Å². The maximum absolute atomic E-state index is 5.28. The van der Waals surface area contributed by atoms with E-state index < -0.39 is 0 Å². The van der Waals surface area contributed by atoms with Gasteiger partial charge in [0.2, 0.25) is 0 Å². The lowest BCUT2D eigenvalue weighted by molar-refractivity contribution is 0.513. The molecule has 2 aromatic rings. The molecule has 4 heteroatoms. The lowest BCUT2D eigenvalue weighted by atomic mass is 10.3. The van der Waals surface area contributed by atoms with E-state index in [1.165, 1.54) is 0 Å². The molecule has 0 unspecified atom stereocenters. The average molecular weight is 245 g/mol. The summed E-state index contributed by atoms with van der Waals surface area (Å²) in [6.45, 7) is 3.94. The molecule has 0 fully saturated rings. The van der Waals surface area contributed by atoms with Crippen molar-refractivity contribution in [1.82, 2.24) is 4.98 Å². The molecule has 96 valence electrons. The van der Waals surface area contributed by atoms with E-state index in [1.807, 2.05) is 30.5 Å². The van der Waals surface area contributed by atoms with Gasteiger partial charge in [0.05, 0.1) is 6.26 Å². The lowest BCUT2D eigenvalue weighted by Crippen LogP contribution is -2.06. The minimum atomic E-state index is 0.852. The molecule has 0 aliphatic rings. The largest absolute Gasteiger partial charge is 0.469 e. The van der Waals surface area contributed by atoms with Gasteiger partial charge in [0.25, 0.3) is 0 Å². The van der Waals surface area contributed by atoms with Crippen molar-refractivity contribution in [3.05, 3.63) is 42.5 Å². The lowest BCUT2D eigenvalue weighted by Gasteiger charge is -2.08. The zero-order chi connectivity index (χ0) is 12.6. The van der Waals surface area contributed by atoms with Gasteiger partial charge in [-0.15, -0.1) is 0 Å². The van der Waals surface area contributed by atoms with Gasteiger partial charge in [-0.05, 0) is 24.6 Å². The highest BCUT2D eigenvalue weighted by atomic mass is 16.3. The summed E-state index contributed by atoms with van der Waals surface area (Å²) in [5.74, 6) is 1.92. The molecule has 0 spiro atoms. The molecule has 2 heterocycles. The number of furan rings is 1. The van der Waals surface area contributed by atoms with Crippen LogP contribution in [0.3, 0.4) is 0 Å². The molecule has 2 N–H and O–H groups in total. The third kappa shape index (κ3) is 3.80. The Morgan fingerprint density at radius 1 is 1.22 bits per heavy atom. The number of hydrogen-bond donors (Lipinski definition) is 2. The Hall–Kier alpha value is -1.97. The van der Waals surface area contributed by atoms with Gasteiger partial charge in [-0.3, -0.25) is 0 Å². The molecule has 0 saturated carbocycles. The molecule has 0 atom stereocenters. The average Bonchev–Trinajstić information content (AvgIpc) is 2.90. The second kappa shape index (κ2) is 6.69. The van der Waals surface area contributed by atoms with Gasteiger partial charge >= 0.3 is 0 Å². The molecular weight excluding hydrogens is 226 g/mol. The highest BCUT2D eigenvalue weighted by Gasteiger charge is 1.98. The van der Waals surface area contributed by atoms with Crippen molar-refractivity contribution in [2.45, 2.75) is 19.8 Å². The normalized spacial score (nSPS) is 10.3. The molecule has 0 bridgehead atoms. The number of rotatable bonds is 7. The first-order chi connectivity index (χ1) is 8.88. The first-order valence-electron chi connectivity index (χ1n) is 6.34. The Kier molecular flexibility index (Phi) is 4.64. The maximum atomic E-state index is 5.28. The van der Waals surface area contributed by atoms with Crippen molar-refractivity contribution in [3.8, 4) is 0 Å². The molecule has 0 aromatic carbocycles. The van der Waals surface area contributed by atoms with E-state index in [1.54, 1.807) is 6.26 Å². The van der Waals surface area contributed by atoms with E-state index in [0.29, 0.717) is 0 Å². The van der Waals surface area contributed by atoms with Crippen molar-refractivity contribution in [2.24, 2.45) is 0 Å². The van der Waals surface area contributed by atoms with E-state index in [4.69, 9.17) is 4.42 Å². The second-order valence-electron chi connectivity index (χ2n) is 4.11. The van der Waals surface area contributed by atoms with E-state index in [0.717, 1.165) is 43.2 Å². The van der Waals surface area contributed by atoms with Crippen LogP contribution in [0.25, 0.3) is 0 Å². The highest BCUT2D eigenvalue weighted by molar-refractivity contribution is 5.51. The summed E-state index contributed by atoms with van der Waals surface area (Å²) in [4.78, 5) is 4.27. The quantitative estimate of drug-likeness (QED) is 0.786. The van der Waals surface area contributed by atoms with Gasteiger partial charge < -0.3 is 15.1 Å². The van der Waals surface area contributed by atoms with Crippen LogP contribution in [0.15, 0.2) is 41.1 Å². The number of aromatic nitrogens is 1. The summed E-state index contributed by atoms with van der Waals surface area (Å²) >= 11 is 0. The topological polar surface area (TPSA) is 50.1 Å². The Labute approximate surface area is 107 Å². The SMILES string of the molecule is CCCNc1cc(NCCc2ccco2)ccn1. The zero-order valence-corrected chi connectivity index (χ0v) is 10.6. The van der Waals surface area contributed by atoms with Crippen LogP contribution in [0.4, 0.5) is 11.5 Å². The molecule has 4 nitrogen and oxygen atoms in total. The van der Waals surface area contributed by atoms with Crippen LogP contribution in [0, 0.1) is 0 Å². The monoisotopic (exact) mass is 245 g/mol. The summed E-state index contributed by atoms with van der Waals surface area (Å²) in [5.41, 5.74) is 1.08. The standard InChI is InChI=1S/C14H19N3O/c1-2-7-16-14-11-12(5-8-17-14)15-9-6-13-4-3-10-18-13/h3-5,8,10-11H,2,6-7,9H2,1H3,(H2,15,16,17). The van der Waals surface area contributed by atoms with Crippen molar-refractivity contribution in [1.29, 1.82) is 0 Å². The molecule has 0 saturated heterocycles. The Balaban J connectivity index is 1.81. The highest BCUT2D eigenvalue weighted by Crippen LogP contribution is 2.12. The van der Waals surface area contributed by atoms with Crippen molar-refractivity contribution in [2.75, 3.05) is 23.7 Å². The minimum Gasteiger partial charge on any atom is -0.469 e. The third-order valence-electron chi connectivity index (χ3n) is 2.60. The number of nitrogens with one attached hydrogen (secondary N) is 2. The number of hydrogen-bond acceptors (Lipinski definition) is 4. The smallest absolute Gasteiger partial charge is 0.127 e. The zero-order valence-electron chi connectivity index (χ0n) is 10.6. The number of nitrogens with zero attached hydrogens (tertiary/aromatic N) is 1. The van der Waals surface area contributed by atoms with Crippen LogP contribution in [0.5, 0.6) is 0 Å². The number of pyridine rings is 1. The predicted molar refractivity (Wildman–Crippen MR) is 73.9 cm³/mol. The second-order valence-corrected chi connectivity index (χ2v) is 4.11. The molecule has 0 radical (unpaired) electrons. The van der Waals surface area contributed by atoms with Gasteiger partial charge in [0, 0.05) is 37.5 Å². The molecule has 18 heavy (non-hydrogen) atoms. The van der Waals surface area contributed by atoms with Crippen LogP contribution < -0.4 is 10.6 Å². The number of anilines is 2. The van der Waals surface area contributed by atoms with Crippen molar-refractivity contribution >= 4 is 11.5 Å². The fraction of sp³-hybridized carbons (Fsp3) is 0.357. The van der Waals surface area contributed by atoms with E-state index >= 15 is 0 Å². The minimum absolute atomic E-state index is 0.852. The fourth-order valence-corrected chi connectivity index (χ4v) is 1.68. The van der Waals surface area contributed by atoms with Crippen molar-refractivity contribution in [3.63, 3.8) is 0 Å². The van der Waals surface area contributed by atoms with Gasteiger partial charge in [0.15, 0.2) is 0 Å². The van der Waals surface area contributed by atoms with Crippen LogP contribution in [-0.4, -0.2) is 18.1 Å². The Morgan fingerprint density at radius 3 is 2.94 bits per heavy atom. The van der Waals surface area contributed by atoms with Gasteiger partial charge in [-0.25, -0.2) is 4.98 Å². The molecule has 0 amide bonds. The van der Waals surface area contributed by atoms with Gasteiger partial charge in [-0.1, -0.05) is 6.92 Å². The summed E-state index contributed by atoms with van der Waals surface area (Å²) in [6.07, 6.45) is 5.49. The first kappa shape index (κ1) is 12.5. The summed E-state index contributed by atoms with van der Waals surface area (Å²) in [6, 6.07) is 7.90. The summed E-state index contributed by atoms with van der Waals surface area (Å²) in [7, 11) is 0. The molecule has 0 aliphatic heterocycles. The fourth-order valence-electron chi connectivity index (χ4n) is 1.68. The molecular formula is C14H19N3O. The Bertz CT molecular complexity index is 454. The summed E-state index contributed by atoms with van der Waals surface area (Å²) < 4.78 is 5.28. The molecule has 2 rings (SSSR count). The Morgan fingerprint density at radius 2 is 2.17 bits per heavy atom. The molecule has 2 aromatic heterocycles. The van der Waals surface area contributed by atoms with Crippen LogP contribution in [0.2, 0.25) is 0 Å². The van der Waals surface area contributed by atoms with Crippen LogP contribution in [-0.2, 0) is 6.42 Å². The maximum Gasteiger partial charge on any atom is 0.127 e. The van der Waals surface area contributed by atoms with E-state index in [2.05, 4.69) is 22.5 Å². The van der Waals surface area contributed by atoms with Crippen LogP contribution in [0.1, 0.15) is 19.1 Å². The van der Waals surface area contributed by atoms with Crippen molar-refractivity contribution < 1.29 is 4.42 Å². The predicted octanol–water partition coefficient (Wildman–Crippen LogP) is 3.15. The van der Waals surface area contributed by atoms with E-state index in [-0.39, 0.29) is 0 Å². The van der Waals surface area contributed by atoms with Gasteiger partial charge in [-0.2, -0.15) is 0 Å². The molecule has 0 aliphatic carbocycles. The van der Waals surface area contributed by atoms with Crippen LogP contribution >= 0.6 is 0 Å².